The van der Waals surface area contributed by atoms with Crippen LogP contribution in [0.4, 0.5) is 0 Å². The topological polar surface area (TPSA) is 128 Å². The monoisotopic (exact) mass is 400 g/mol. The molecule has 4 rings (SSSR count). The smallest absolute Gasteiger partial charge is 0.137 e. The Hall–Kier alpha value is -2.33. The second-order valence-corrected chi connectivity index (χ2v) is 7.40. The van der Waals surface area contributed by atoms with Crippen LogP contribution in [-0.2, 0) is 4.74 Å². The molecule has 154 valence electrons. The van der Waals surface area contributed by atoms with Gasteiger partial charge in [-0.2, -0.15) is 0 Å². The van der Waals surface area contributed by atoms with Gasteiger partial charge in [-0.3, -0.25) is 0 Å². The van der Waals surface area contributed by atoms with Crippen molar-refractivity contribution >= 4 is 5.65 Å². The molecule has 0 aliphatic carbocycles. The summed E-state index contributed by atoms with van der Waals surface area (Å²) in [4.78, 5) is 4.59. The Morgan fingerprint density at radius 3 is 2.59 bits per heavy atom. The second kappa shape index (κ2) is 7.83. The number of hydrogen-bond donors (Lipinski definition) is 5. The molecule has 8 nitrogen and oxygen atoms in total. The molecular weight excluding hydrogens is 376 g/mol. The van der Waals surface area contributed by atoms with Crippen molar-refractivity contribution in [1.29, 1.82) is 0 Å². The number of imidazole rings is 1. The van der Waals surface area contributed by atoms with E-state index in [0.29, 0.717) is 5.56 Å². The van der Waals surface area contributed by atoms with E-state index in [2.05, 4.69) is 4.98 Å². The van der Waals surface area contributed by atoms with Crippen molar-refractivity contribution < 1.29 is 30.3 Å². The first-order valence-electron chi connectivity index (χ1n) is 9.44. The standard InChI is InChI=1S/C21H24N2O6/c1-11-8-12(14-9-23-7-3-2-4-16(23)22-14)5-6-13(11)17(25)21-20(28)19(27)18(26)15(10-24)29-21/h2-9,15,17-21,24-28H,10H2,1H3/t15?,17-,18-,19+,20?,21-/m1/s1. The lowest BCUT2D eigenvalue weighted by Crippen LogP contribution is -2.59. The molecule has 1 fully saturated rings. The van der Waals surface area contributed by atoms with E-state index in [0.717, 1.165) is 22.5 Å². The number of nitrogens with zero attached hydrogens (tertiary/aromatic N) is 2. The van der Waals surface area contributed by atoms with Crippen molar-refractivity contribution in [3.63, 3.8) is 0 Å². The zero-order valence-electron chi connectivity index (χ0n) is 15.8. The van der Waals surface area contributed by atoms with Gasteiger partial charge in [-0.25, -0.2) is 4.98 Å². The van der Waals surface area contributed by atoms with E-state index in [1.165, 1.54) is 0 Å². The van der Waals surface area contributed by atoms with Crippen molar-refractivity contribution in [2.45, 2.75) is 43.5 Å². The number of aliphatic hydroxyl groups is 5. The van der Waals surface area contributed by atoms with Gasteiger partial charge in [-0.05, 0) is 36.2 Å². The maximum Gasteiger partial charge on any atom is 0.137 e. The van der Waals surface area contributed by atoms with Crippen molar-refractivity contribution in [3.8, 4) is 11.3 Å². The van der Waals surface area contributed by atoms with Gasteiger partial charge in [-0.15, -0.1) is 0 Å². The first kappa shape index (κ1) is 20.0. The zero-order chi connectivity index (χ0) is 20.7. The number of ether oxygens (including phenoxy) is 1. The van der Waals surface area contributed by atoms with Gasteiger partial charge in [0.25, 0.3) is 0 Å². The van der Waals surface area contributed by atoms with Crippen LogP contribution in [0.2, 0.25) is 0 Å². The van der Waals surface area contributed by atoms with Gasteiger partial charge < -0.3 is 34.7 Å². The van der Waals surface area contributed by atoms with Crippen LogP contribution in [0.15, 0.2) is 48.8 Å². The minimum atomic E-state index is -1.53. The molecule has 8 heteroatoms. The quantitative estimate of drug-likeness (QED) is 0.423. The van der Waals surface area contributed by atoms with Crippen LogP contribution >= 0.6 is 0 Å². The highest BCUT2D eigenvalue weighted by atomic mass is 16.6. The van der Waals surface area contributed by atoms with E-state index >= 15 is 0 Å². The number of aromatic nitrogens is 2. The molecular formula is C21H24N2O6. The average molecular weight is 400 g/mol. The third-order valence-electron chi connectivity index (χ3n) is 5.49. The first-order chi connectivity index (χ1) is 13.9. The second-order valence-electron chi connectivity index (χ2n) is 7.40. The van der Waals surface area contributed by atoms with E-state index < -0.39 is 43.2 Å². The molecule has 2 unspecified atom stereocenters. The van der Waals surface area contributed by atoms with Crippen LogP contribution in [-0.4, -0.2) is 72.0 Å². The van der Waals surface area contributed by atoms with Crippen LogP contribution in [0.1, 0.15) is 17.2 Å². The van der Waals surface area contributed by atoms with E-state index in [4.69, 9.17) is 4.74 Å². The highest BCUT2D eigenvalue weighted by molar-refractivity contribution is 5.64. The maximum atomic E-state index is 10.8. The molecule has 1 aliphatic rings. The van der Waals surface area contributed by atoms with Crippen molar-refractivity contribution in [2.24, 2.45) is 0 Å². The Morgan fingerprint density at radius 1 is 1.10 bits per heavy atom. The minimum absolute atomic E-state index is 0.516. The molecule has 29 heavy (non-hydrogen) atoms. The number of aliphatic hydroxyl groups excluding tert-OH is 5. The molecule has 1 aromatic carbocycles. The fraction of sp³-hybridized carbons (Fsp3) is 0.381. The number of aryl methyl sites for hydroxylation is 1. The lowest BCUT2D eigenvalue weighted by molar-refractivity contribution is -0.250. The van der Waals surface area contributed by atoms with Gasteiger partial charge in [-0.1, -0.05) is 18.2 Å². The Balaban J connectivity index is 1.62. The summed E-state index contributed by atoms with van der Waals surface area (Å²) in [6, 6.07) is 11.2. The molecule has 3 aromatic rings. The summed E-state index contributed by atoms with van der Waals surface area (Å²) in [6.45, 7) is 1.28. The summed E-state index contributed by atoms with van der Waals surface area (Å²) < 4.78 is 7.40. The summed E-state index contributed by atoms with van der Waals surface area (Å²) in [6.07, 6.45) is -4.17. The third kappa shape index (κ3) is 3.55. The summed E-state index contributed by atoms with van der Waals surface area (Å²) in [5.41, 5.74) is 3.75. The number of fused-ring (bicyclic) bond motifs is 1. The predicted octanol–water partition coefficient (Wildman–Crippen LogP) is 0.186. The fourth-order valence-corrected chi connectivity index (χ4v) is 3.81. The molecule has 0 radical (unpaired) electrons. The fourth-order valence-electron chi connectivity index (χ4n) is 3.81. The molecule has 1 saturated heterocycles. The molecule has 1 aliphatic heterocycles. The van der Waals surface area contributed by atoms with E-state index in [1.54, 1.807) is 6.07 Å². The van der Waals surface area contributed by atoms with Gasteiger partial charge in [0.05, 0.1) is 12.3 Å². The summed E-state index contributed by atoms with van der Waals surface area (Å²) in [5, 5.41) is 50.3. The average Bonchev–Trinajstić information content (AvgIpc) is 3.16. The van der Waals surface area contributed by atoms with E-state index in [9.17, 15) is 25.5 Å². The Labute approximate surface area is 167 Å². The SMILES string of the molecule is Cc1cc(-c2cn3ccccc3n2)ccc1[C@@H](O)[C@H]1OC(CO)[C@@H](O)[C@H](O)C1O. The Kier molecular flexibility index (Phi) is 5.39. The predicted molar refractivity (Wildman–Crippen MR) is 104 cm³/mol. The lowest BCUT2D eigenvalue weighted by atomic mass is 9.88. The third-order valence-corrected chi connectivity index (χ3v) is 5.49. The van der Waals surface area contributed by atoms with Crippen molar-refractivity contribution in [3.05, 3.63) is 59.9 Å². The van der Waals surface area contributed by atoms with Crippen molar-refractivity contribution in [2.75, 3.05) is 6.61 Å². The number of pyridine rings is 1. The summed E-state index contributed by atoms with van der Waals surface area (Å²) in [5.74, 6) is 0. The summed E-state index contributed by atoms with van der Waals surface area (Å²) >= 11 is 0. The van der Waals surface area contributed by atoms with Crippen molar-refractivity contribution in [1.82, 2.24) is 9.38 Å². The van der Waals surface area contributed by atoms with Gasteiger partial charge in [0, 0.05) is 18.0 Å². The Morgan fingerprint density at radius 2 is 1.90 bits per heavy atom. The largest absolute Gasteiger partial charge is 0.394 e. The molecule has 5 N–H and O–H groups in total. The van der Waals surface area contributed by atoms with Crippen LogP contribution in [0.25, 0.3) is 16.9 Å². The van der Waals surface area contributed by atoms with Crippen LogP contribution in [0.5, 0.6) is 0 Å². The van der Waals surface area contributed by atoms with Gasteiger partial charge in [0.1, 0.15) is 42.3 Å². The molecule has 0 amide bonds. The molecule has 0 saturated carbocycles. The maximum absolute atomic E-state index is 10.8. The van der Waals surface area contributed by atoms with E-state index in [-0.39, 0.29) is 0 Å². The minimum Gasteiger partial charge on any atom is -0.394 e. The molecule has 0 bridgehead atoms. The molecule has 2 aromatic heterocycles. The van der Waals surface area contributed by atoms with Crippen LogP contribution < -0.4 is 0 Å². The number of hydrogen-bond acceptors (Lipinski definition) is 7. The van der Waals surface area contributed by atoms with Gasteiger partial charge in [0.15, 0.2) is 0 Å². The molecule has 0 spiro atoms. The van der Waals surface area contributed by atoms with Crippen LogP contribution in [0.3, 0.4) is 0 Å². The molecule has 3 heterocycles. The highest BCUT2D eigenvalue weighted by Crippen LogP contribution is 2.33. The normalized spacial score (nSPS) is 28.6. The number of benzene rings is 1. The van der Waals surface area contributed by atoms with E-state index in [1.807, 2.05) is 54.0 Å². The zero-order valence-corrected chi connectivity index (χ0v) is 15.8. The Bertz CT molecular complexity index is 971. The molecule has 6 atom stereocenters. The number of rotatable bonds is 4. The lowest BCUT2D eigenvalue weighted by Gasteiger charge is -2.42. The van der Waals surface area contributed by atoms with Gasteiger partial charge in [0.2, 0.25) is 0 Å². The summed E-state index contributed by atoms with van der Waals surface area (Å²) in [7, 11) is 0. The van der Waals surface area contributed by atoms with Crippen LogP contribution in [0, 0.1) is 6.92 Å². The highest BCUT2D eigenvalue weighted by Gasteiger charge is 2.46. The van der Waals surface area contributed by atoms with Gasteiger partial charge >= 0.3 is 0 Å². The first-order valence-corrected chi connectivity index (χ1v) is 9.44.